The summed E-state index contributed by atoms with van der Waals surface area (Å²) >= 11 is 8.59. The van der Waals surface area contributed by atoms with Gasteiger partial charge in [-0.3, -0.25) is 0 Å². The van der Waals surface area contributed by atoms with Crippen molar-refractivity contribution in [1.82, 2.24) is 0 Å². The maximum absolute atomic E-state index is 10.2. The Balaban J connectivity index is 1.94. The number of benzene rings is 1. The predicted octanol–water partition coefficient (Wildman–Crippen LogP) is 4.83. The number of fused-ring (bicyclic) bond motifs is 1. The second-order valence-electron chi connectivity index (χ2n) is 4.17. The van der Waals surface area contributed by atoms with Gasteiger partial charge >= 0.3 is 0 Å². The van der Waals surface area contributed by atoms with Gasteiger partial charge in [-0.15, -0.1) is 11.3 Å². The second kappa shape index (κ2) is 4.96. The molecule has 0 spiro atoms. The van der Waals surface area contributed by atoms with Crippen LogP contribution in [0.3, 0.4) is 0 Å². The van der Waals surface area contributed by atoms with Gasteiger partial charge in [0.2, 0.25) is 0 Å². The fourth-order valence-electron chi connectivity index (χ4n) is 2.09. The zero-order valence-electron chi connectivity index (χ0n) is 9.27. The highest BCUT2D eigenvalue weighted by Gasteiger charge is 2.29. The van der Waals surface area contributed by atoms with Gasteiger partial charge in [0.1, 0.15) is 11.9 Å². The maximum atomic E-state index is 10.2. The molecule has 94 valence electrons. The number of para-hydroxylation sites is 1. The molecule has 2 atom stereocenters. The number of rotatable bonds is 1. The van der Waals surface area contributed by atoms with Crippen LogP contribution in [0.2, 0.25) is 0 Å². The highest BCUT2D eigenvalue weighted by atomic mass is 79.9. The summed E-state index contributed by atoms with van der Waals surface area (Å²) in [5, 5.41) is 10.2. The Morgan fingerprint density at radius 3 is 2.78 bits per heavy atom. The normalized spacial score (nSPS) is 22.4. The van der Waals surface area contributed by atoms with Gasteiger partial charge in [-0.2, -0.15) is 0 Å². The van der Waals surface area contributed by atoms with Gasteiger partial charge in [-0.05, 0) is 44.0 Å². The smallest absolute Gasteiger partial charge is 0.136 e. The summed E-state index contributed by atoms with van der Waals surface area (Å²) in [6.07, 6.45) is 0.0539. The third-order valence-electron chi connectivity index (χ3n) is 2.97. The van der Waals surface area contributed by atoms with E-state index in [4.69, 9.17) is 4.74 Å². The van der Waals surface area contributed by atoms with E-state index in [0.29, 0.717) is 6.42 Å². The van der Waals surface area contributed by atoms with Crippen LogP contribution in [0.1, 0.15) is 29.1 Å². The van der Waals surface area contributed by atoms with Crippen LogP contribution in [0, 0.1) is 0 Å². The van der Waals surface area contributed by atoms with E-state index in [2.05, 4.69) is 31.9 Å². The molecule has 0 aliphatic carbocycles. The SMILES string of the molecule is O[C@@H]1CC(c2cc(Br)c(Br)s2)Oc2ccccc21. The molecule has 3 rings (SSSR count). The summed E-state index contributed by atoms with van der Waals surface area (Å²) in [7, 11) is 0. The highest BCUT2D eigenvalue weighted by Crippen LogP contribution is 2.44. The van der Waals surface area contributed by atoms with E-state index < -0.39 is 6.10 Å². The van der Waals surface area contributed by atoms with Gasteiger partial charge in [0.15, 0.2) is 0 Å². The Bertz CT molecular complexity index is 563. The van der Waals surface area contributed by atoms with Crippen molar-refractivity contribution in [3.8, 4) is 5.75 Å². The van der Waals surface area contributed by atoms with E-state index in [1.54, 1.807) is 11.3 Å². The third kappa shape index (κ3) is 2.25. The minimum Gasteiger partial charge on any atom is -0.484 e. The lowest BCUT2D eigenvalue weighted by Crippen LogP contribution is -2.18. The second-order valence-corrected chi connectivity index (χ2v) is 7.42. The van der Waals surface area contributed by atoms with Gasteiger partial charge in [0, 0.05) is 21.3 Å². The highest BCUT2D eigenvalue weighted by molar-refractivity contribution is 9.13. The Labute approximate surface area is 126 Å². The molecule has 0 amide bonds. The predicted molar refractivity (Wildman–Crippen MR) is 79.1 cm³/mol. The van der Waals surface area contributed by atoms with E-state index in [0.717, 1.165) is 24.4 Å². The fraction of sp³-hybridized carbons (Fsp3) is 0.231. The lowest BCUT2D eigenvalue weighted by atomic mass is 9.98. The Kier molecular flexibility index (Phi) is 3.49. The molecular formula is C13H10Br2O2S. The van der Waals surface area contributed by atoms with E-state index in [9.17, 15) is 5.11 Å². The molecule has 5 heteroatoms. The van der Waals surface area contributed by atoms with Crippen LogP contribution in [0.25, 0.3) is 0 Å². The van der Waals surface area contributed by atoms with Crippen LogP contribution >= 0.6 is 43.2 Å². The number of aliphatic hydroxyl groups is 1. The zero-order chi connectivity index (χ0) is 12.7. The van der Waals surface area contributed by atoms with E-state index in [-0.39, 0.29) is 6.10 Å². The first kappa shape index (κ1) is 12.7. The molecule has 0 saturated heterocycles. The molecule has 2 nitrogen and oxygen atoms in total. The molecule has 2 heterocycles. The molecule has 0 fully saturated rings. The lowest BCUT2D eigenvalue weighted by Gasteiger charge is -2.28. The van der Waals surface area contributed by atoms with Crippen molar-refractivity contribution >= 4 is 43.2 Å². The van der Waals surface area contributed by atoms with Crippen molar-refractivity contribution < 1.29 is 9.84 Å². The van der Waals surface area contributed by atoms with Crippen LogP contribution in [0.5, 0.6) is 5.75 Å². The first-order valence-electron chi connectivity index (χ1n) is 5.53. The Morgan fingerprint density at radius 2 is 2.06 bits per heavy atom. The Morgan fingerprint density at radius 1 is 1.28 bits per heavy atom. The summed E-state index contributed by atoms with van der Waals surface area (Å²) in [5.41, 5.74) is 0.878. The molecule has 18 heavy (non-hydrogen) atoms. The summed E-state index contributed by atoms with van der Waals surface area (Å²) in [6.45, 7) is 0. The van der Waals surface area contributed by atoms with Crippen LogP contribution in [-0.2, 0) is 0 Å². The molecule has 1 aromatic carbocycles. The number of ether oxygens (including phenoxy) is 1. The molecule has 0 bridgehead atoms. The number of halogens is 2. The van der Waals surface area contributed by atoms with Crippen molar-refractivity contribution in [2.45, 2.75) is 18.6 Å². The van der Waals surface area contributed by atoms with Crippen molar-refractivity contribution in [2.75, 3.05) is 0 Å². The van der Waals surface area contributed by atoms with E-state index in [1.807, 2.05) is 30.3 Å². The topological polar surface area (TPSA) is 29.5 Å². The van der Waals surface area contributed by atoms with Gasteiger partial charge in [0.25, 0.3) is 0 Å². The number of thiophene rings is 1. The number of hydrogen-bond acceptors (Lipinski definition) is 3. The van der Waals surface area contributed by atoms with E-state index >= 15 is 0 Å². The van der Waals surface area contributed by atoms with Gasteiger partial charge in [-0.1, -0.05) is 18.2 Å². The van der Waals surface area contributed by atoms with E-state index in [1.165, 1.54) is 0 Å². The maximum Gasteiger partial charge on any atom is 0.136 e. The van der Waals surface area contributed by atoms with Crippen LogP contribution in [0.4, 0.5) is 0 Å². The first-order valence-corrected chi connectivity index (χ1v) is 7.94. The minimum absolute atomic E-state index is 0.0810. The lowest BCUT2D eigenvalue weighted by molar-refractivity contribution is 0.0674. The summed E-state index contributed by atoms with van der Waals surface area (Å²) in [6, 6.07) is 9.71. The zero-order valence-corrected chi connectivity index (χ0v) is 13.3. The average molecular weight is 390 g/mol. The van der Waals surface area contributed by atoms with Crippen LogP contribution in [0.15, 0.2) is 38.6 Å². The molecule has 1 N–H and O–H groups in total. The summed E-state index contributed by atoms with van der Waals surface area (Å²) < 4.78 is 8.04. The summed E-state index contributed by atoms with van der Waals surface area (Å²) in [5.74, 6) is 0.780. The molecule has 1 aromatic heterocycles. The summed E-state index contributed by atoms with van der Waals surface area (Å²) in [4.78, 5) is 1.11. The molecule has 0 saturated carbocycles. The molecule has 0 radical (unpaired) electrons. The quantitative estimate of drug-likeness (QED) is 0.756. The standard InChI is InChI=1S/C13H10Br2O2S/c14-8-5-12(18-13(8)15)11-6-9(16)7-3-1-2-4-10(7)17-11/h1-5,9,11,16H,6H2/t9-,11?/m1/s1. The van der Waals surface area contributed by atoms with Crippen LogP contribution in [-0.4, -0.2) is 5.11 Å². The Hall–Kier alpha value is -0.360. The van der Waals surface area contributed by atoms with Crippen molar-refractivity contribution in [1.29, 1.82) is 0 Å². The third-order valence-corrected chi connectivity index (χ3v) is 6.31. The fourth-order valence-corrected chi connectivity index (χ4v) is 4.22. The average Bonchev–Trinajstić information content (AvgIpc) is 2.70. The van der Waals surface area contributed by atoms with Gasteiger partial charge in [0.05, 0.1) is 9.89 Å². The largest absolute Gasteiger partial charge is 0.484 e. The van der Waals surface area contributed by atoms with Crippen molar-refractivity contribution in [2.24, 2.45) is 0 Å². The molecule has 1 aliphatic rings. The molecule has 2 aromatic rings. The number of aliphatic hydroxyl groups excluding tert-OH is 1. The van der Waals surface area contributed by atoms with Crippen molar-refractivity contribution in [3.05, 3.63) is 49.0 Å². The number of hydrogen-bond donors (Lipinski definition) is 1. The molecular weight excluding hydrogens is 380 g/mol. The monoisotopic (exact) mass is 388 g/mol. The van der Waals surface area contributed by atoms with Gasteiger partial charge < -0.3 is 9.84 Å². The van der Waals surface area contributed by atoms with Gasteiger partial charge in [-0.25, -0.2) is 0 Å². The first-order chi connectivity index (χ1) is 8.65. The molecule has 1 aliphatic heterocycles. The van der Waals surface area contributed by atoms with Crippen LogP contribution < -0.4 is 4.74 Å². The molecule has 1 unspecified atom stereocenters. The minimum atomic E-state index is -0.459. The van der Waals surface area contributed by atoms with Crippen molar-refractivity contribution in [3.63, 3.8) is 0 Å².